The summed E-state index contributed by atoms with van der Waals surface area (Å²) in [5.74, 6) is 0.964. The van der Waals surface area contributed by atoms with E-state index >= 15 is 0 Å². The van der Waals surface area contributed by atoms with Crippen molar-refractivity contribution >= 4 is 11.8 Å². The number of amides is 2. The van der Waals surface area contributed by atoms with Crippen LogP contribution < -0.4 is 5.32 Å². The second-order valence-electron chi connectivity index (χ2n) is 6.79. The van der Waals surface area contributed by atoms with Crippen LogP contribution in [0.3, 0.4) is 0 Å². The topological polar surface area (TPSA) is 49.4 Å². The van der Waals surface area contributed by atoms with E-state index in [4.69, 9.17) is 0 Å². The van der Waals surface area contributed by atoms with Gasteiger partial charge in [0.25, 0.3) is 5.91 Å². The lowest BCUT2D eigenvalue weighted by atomic mass is 10.0. The first-order valence-corrected chi connectivity index (χ1v) is 8.24. The van der Waals surface area contributed by atoms with E-state index in [1.807, 2.05) is 29.2 Å². The van der Waals surface area contributed by atoms with Gasteiger partial charge in [-0.2, -0.15) is 0 Å². The van der Waals surface area contributed by atoms with Crippen molar-refractivity contribution in [3.63, 3.8) is 0 Å². The fraction of sp³-hybridized carbons (Fsp3) is 0.556. The van der Waals surface area contributed by atoms with Gasteiger partial charge in [-0.25, -0.2) is 0 Å². The van der Waals surface area contributed by atoms with Crippen molar-refractivity contribution in [2.75, 3.05) is 13.1 Å². The Bertz CT molecular complexity index is 561. The van der Waals surface area contributed by atoms with Gasteiger partial charge in [-0.3, -0.25) is 9.59 Å². The molecule has 1 atom stereocenters. The molecular weight excluding hydrogens is 276 g/mol. The molecule has 1 saturated heterocycles. The third-order valence-corrected chi connectivity index (χ3v) is 4.60. The molecule has 2 fully saturated rings. The molecule has 4 heteroatoms. The monoisotopic (exact) mass is 300 g/mol. The van der Waals surface area contributed by atoms with E-state index in [1.165, 1.54) is 5.56 Å². The fourth-order valence-corrected chi connectivity index (χ4v) is 2.95. The third-order valence-electron chi connectivity index (χ3n) is 4.60. The highest BCUT2D eigenvalue weighted by atomic mass is 16.2. The van der Waals surface area contributed by atoms with Gasteiger partial charge in [0.1, 0.15) is 0 Å². The molecule has 2 aliphatic rings. The minimum Gasteiger partial charge on any atom is -0.347 e. The molecule has 0 spiro atoms. The molecule has 118 valence electrons. The van der Waals surface area contributed by atoms with Crippen LogP contribution in [0.25, 0.3) is 0 Å². The molecule has 1 aromatic rings. The number of nitrogens with zero attached hydrogens (tertiary/aromatic N) is 1. The maximum atomic E-state index is 12.3. The van der Waals surface area contributed by atoms with Gasteiger partial charge in [0, 0.05) is 30.6 Å². The number of hydrogen-bond donors (Lipinski definition) is 1. The van der Waals surface area contributed by atoms with Crippen LogP contribution in [0.15, 0.2) is 24.3 Å². The fourth-order valence-electron chi connectivity index (χ4n) is 2.95. The van der Waals surface area contributed by atoms with Gasteiger partial charge in [0.15, 0.2) is 0 Å². The lowest BCUT2D eigenvalue weighted by Crippen LogP contribution is -2.38. The Balaban J connectivity index is 1.54. The second kappa shape index (κ2) is 6.11. The molecule has 1 aromatic carbocycles. The summed E-state index contributed by atoms with van der Waals surface area (Å²) >= 11 is 0. The van der Waals surface area contributed by atoms with Crippen LogP contribution in [0, 0.1) is 5.92 Å². The minimum absolute atomic E-state index is 0.0407. The van der Waals surface area contributed by atoms with E-state index in [1.54, 1.807) is 0 Å². The second-order valence-corrected chi connectivity index (χ2v) is 6.79. The van der Waals surface area contributed by atoms with Crippen LogP contribution in [0.4, 0.5) is 0 Å². The highest BCUT2D eigenvalue weighted by molar-refractivity contribution is 5.94. The summed E-state index contributed by atoms with van der Waals surface area (Å²) in [4.78, 5) is 26.2. The van der Waals surface area contributed by atoms with E-state index in [9.17, 15) is 9.59 Å². The quantitative estimate of drug-likeness (QED) is 0.929. The maximum Gasteiger partial charge on any atom is 0.251 e. The zero-order valence-corrected chi connectivity index (χ0v) is 13.3. The molecule has 1 aliphatic carbocycles. The first-order valence-electron chi connectivity index (χ1n) is 8.24. The summed E-state index contributed by atoms with van der Waals surface area (Å²) in [5.41, 5.74) is 1.93. The molecule has 1 saturated carbocycles. The van der Waals surface area contributed by atoms with E-state index < -0.39 is 0 Å². The lowest BCUT2D eigenvalue weighted by molar-refractivity contribution is -0.131. The number of benzene rings is 1. The first-order chi connectivity index (χ1) is 10.5. The summed E-state index contributed by atoms with van der Waals surface area (Å²) in [6.45, 7) is 5.70. The Morgan fingerprint density at radius 3 is 2.41 bits per heavy atom. The Morgan fingerprint density at radius 1 is 1.14 bits per heavy atom. The molecular formula is C18H24N2O2. The zero-order chi connectivity index (χ0) is 15.7. The average Bonchev–Trinajstić information content (AvgIpc) is 3.26. The van der Waals surface area contributed by atoms with Gasteiger partial charge in [-0.05, 0) is 42.9 Å². The largest absolute Gasteiger partial charge is 0.347 e. The maximum absolute atomic E-state index is 12.3. The van der Waals surface area contributed by atoms with Crippen molar-refractivity contribution in [1.29, 1.82) is 0 Å². The Morgan fingerprint density at radius 2 is 1.82 bits per heavy atom. The average molecular weight is 300 g/mol. The summed E-state index contributed by atoms with van der Waals surface area (Å²) in [6, 6.07) is 7.87. The molecule has 2 amide bonds. The Labute approximate surface area is 131 Å². The molecule has 3 rings (SSSR count). The van der Waals surface area contributed by atoms with E-state index in [0.717, 1.165) is 25.8 Å². The van der Waals surface area contributed by atoms with Gasteiger partial charge in [-0.1, -0.05) is 26.0 Å². The summed E-state index contributed by atoms with van der Waals surface area (Å²) < 4.78 is 0. The van der Waals surface area contributed by atoms with E-state index in [2.05, 4.69) is 19.2 Å². The third kappa shape index (κ3) is 3.32. The highest BCUT2D eigenvalue weighted by Gasteiger charge is 2.36. The molecule has 1 unspecified atom stereocenters. The number of carbonyl (C=O) groups excluding carboxylic acids is 2. The Kier molecular flexibility index (Phi) is 4.19. The minimum atomic E-state index is -0.0407. The summed E-state index contributed by atoms with van der Waals surface area (Å²) in [5, 5.41) is 3.06. The van der Waals surface area contributed by atoms with Crippen molar-refractivity contribution in [1.82, 2.24) is 10.2 Å². The number of nitrogens with one attached hydrogen (secondary N) is 1. The molecule has 1 N–H and O–H groups in total. The molecule has 1 heterocycles. The van der Waals surface area contributed by atoms with Crippen LogP contribution in [-0.2, 0) is 4.79 Å². The van der Waals surface area contributed by atoms with Crippen molar-refractivity contribution < 1.29 is 9.59 Å². The number of carbonyl (C=O) groups is 2. The standard InChI is InChI=1S/C18H24N2O2/c1-12(2)13-3-5-14(6-4-13)17(21)19-16-9-10-20(11-16)18(22)15-7-8-15/h3-6,12,15-16H,7-11H2,1-2H3,(H,19,21). The van der Waals surface area contributed by atoms with Crippen LogP contribution in [0.5, 0.6) is 0 Å². The van der Waals surface area contributed by atoms with Crippen LogP contribution in [-0.4, -0.2) is 35.8 Å². The normalized spacial score (nSPS) is 21.2. The molecule has 0 aromatic heterocycles. The molecule has 4 nitrogen and oxygen atoms in total. The van der Waals surface area contributed by atoms with E-state index in [-0.39, 0.29) is 23.8 Å². The van der Waals surface area contributed by atoms with Gasteiger partial charge in [0.05, 0.1) is 0 Å². The van der Waals surface area contributed by atoms with Crippen molar-refractivity contribution in [3.05, 3.63) is 35.4 Å². The smallest absolute Gasteiger partial charge is 0.251 e. The molecule has 0 bridgehead atoms. The van der Waals surface area contributed by atoms with Crippen molar-refractivity contribution in [2.24, 2.45) is 5.92 Å². The summed E-state index contributed by atoms with van der Waals surface area (Å²) in [7, 11) is 0. The number of likely N-dealkylation sites (tertiary alicyclic amines) is 1. The van der Waals surface area contributed by atoms with Gasteiger partial charge in [0.2, 0.25) is 5.91 Å². The van der Waals surface area contributed by atoms with Gasteiger partial charge in [-0.15, -0.1) is 0 Å². The summed E-state index contributed by atoms with van der Waals surface area (Å²) in [6.07, 6.45) is 2.93. The zero-order valence-electron chi connectivity index (χ0n) is 13.3. The highest BCUT2D eigenvalue weighted by Crippen LogP contribution is 2.32. The van der Waals surface area contributed by atoms with Gasteiger partial charge < -0.3 is 10.2 Å². The first kappa shape index (κ1) is 15.1. The van der Waals surface area contributed by atoms with E-state index in [0.29, 0.717) is 18.0 Å². The molecule has 22 heavy (non-hydrogen) atoms. The van der Waals surface area contributed by atoms with Crippen molar-refractivity contribution in [3.8, 4) is 0 Å². The van der Waals surface area contributed by atoms with Crippen LogP contribution >= 0.6 is 0 Å². The predicted molar refractivity (Wildman–Crippen MR) is 85.7 cm³/mol. The number of hydrogen-bond acceptors (Lipinski definition) is 2. The molecule has 1 aliphatic heterocycles. The Hall–Kier alpha value is -1.84. The van der Waals surface area contributed by atoms with Crippen LogP contribution in [0.2, 0.25) is 0 Å². The van der Waals surface area contributed by atoms with Crippen LogP contribution in [0.1, 0.15) is 54.9 Å². The lowest BCUT2D eigenvalue weighted by Gasteiger charge is -2.17. The molecule has 0 radical (unpaired) electrons. The van der Waals surface area contributed by atoms with Gasteiger partial charge >= 0.3 is 0 Å². The SMILES string of the molecule is CC(C)c1ccc(C(=O)NC2CCN(C(=O)C3CC3)C2)cc1. The number of rotatable bonds is 4. The van der Waals surface area contributed by atoms with Crippen molar-refractivity contribution in [2.45, 2.75) is 45.1 Å². The predicted octanol–water partition coefficient (Wildman–Crippen LogP) is 2.55.